The molecule has 4 aromatic rings. The van der Waals surface area contributed by atoms with Gasteiger partial charge in [-0.25, -0.2) is 4.98 Å². The van der Waals surface area contributed by atoms with Gasteiger partial charge in [0, 0.05) is 16.0 Å². The summed E-state index contributed by atoms with van der Waals surface area (Å²) >= 11 is 14.0. The molecule has 0 aliphatic heterocycles. The van der Waals surface area contributed by atoms with Crippen molar-refractivity contribution in [1.29, 1.82) is 0 Å². The summed E-state index contributed by atoms with van der Waals surface area (Å²) in [5.74, 6) is 1.70. The lowest BCUT2D eigenvalue weighted by molar-refractivity contribution is 0.303. The van der Waals surface area contributed by atoms with Gasteiger partial charge >= 0.3 is 0 Å². The molecular formula is C25H22Cl2N2O2S. The molecular weight excluding hydrogens is 463 g/mol. The number of aromatic nitrogens is 1. The molecule has 0 N–H and O–H groups in total. The molecule has 1 aromatic heterocycles. The molecule has 0 spiro atoms. The van der Waals surface area contributed by atoms with E-state index in [0.717, 1.165) is 27.9 Å². The van der Waals surface area contributed by atoms with E-state index in [1.165, 1.54) is 0 Å². The van der Waals surface area contributed by atoms with Crippen LogP contribution in [0, 0.1) is 0 Å². The second kappa shape index (κ2) is 11.2. The van der Waals surface area contributed by atoms with Gasteiger partial charge in [-0.2, -0.15) is 0 Å². The maximum atomic E-state index is 6.38. The van der Waals surface area contributed by atoms with Crippen LogP contribution in [0.2, 0.25) is 10.0 Å². The van der Waals surface area contributed by atoms with Crippen LogP contribution in [0.1, 0.15) is 0 Å². The van der Waals surface area contributed by atoms with Crippen LogP contribution in [-0.2, 0) is 0 Å². The first-order valence-electron chi connectivity index (χ1n) is 10.2. The molecule has 0 bridgehead atoms. The van der Waals surface area contributed by atoms with Crippen molar-refractivity contribution in [3.8, 4) is 22.8 Å². The number of hydrogen-bond donors (Lipinski definition) is 0. The van der Waals surface area contributed by atoms with Crippen molar-refractivity contribution in [2.45, 2.75) is 0 Å². The van der Waals surface area contributed by atoms with Gasteiger partial charge < -0.3 is 14.4 Å². The predicted octanol–water partition coefficient (Wildman–Crippen LogP) is 7.08. The minimum Gasteiger partial charge on any atom is -0.492 e. The maximum Gasteiger partial charge on any atom is 0.186 e. The zero-order valence-corrected chi connectivity index (χ0v) is 19.6. The lowest BCUT2D eigenvalue weighted by Crippen LogP contribution is -2.32. The van der Waals surface area contributed by atoms with Crippen molar-refractivity contribution in [1.82, 2.24) is 4.98 Å². The third kappa shape index (κ3) is 6.16. The van der Waals surface area contributed by atoms with Gasteiger partial charge in [-0.15, -0.1) is 11.3 Å². The SMILES string of the molecule is Clc1ccc(-c2csc(N(CCOc3ccccc3)CCOc3ccccc3)n2)c(Cl)c1. The number of benzene rings is 3. The fourth-order valence-electron chi connectivity index (χ4n) is 3.11. The Morgan fingerprint density at radius 3 is 1.94 bits per heavy atom. The van der Waals surface area contributed by atoms with Crippen LogP contribution in [0.3, 0.4) is 0 Å². The predicted molar refractivity (Wildman–Crippen MR) is 134 cm³/mol. The Labute approximate surface area is 202 Å². The molecule has 3 aromatic carbocycles. The van der Waals surface area contributed by atoms with Gasteiger partial charge in [0.25, 0.3) is 0 Å². The summed E-state index contributed by atoms with van der Waals surface area (Å²) < 4.78 is 11.8. The second-order valence-corrected chi connectivity index (χ2v) is 8.63. The molecule has 0 radical (unpaired) electrons. The number of anilines is 1. The summed E-state index contributed by atoms with van der Waals surface area (Å²) in [4.78, 5) is 7.00. The highest BCUT2D eigenvalue weighted by molar-refractivity contribution is 7.14. The summed E-state index contributed by atoms with van der Waals surface area (Å²) in [6, 6.07) is 25.0. The van der Waals surface area contributed by atoms with Crippen LogP contribution >= 0.6 is 34.5 Å². The zero-order chi connectivity index (χ0) is 22.2. The van der Waals surface area contributed by atoms with Gasteiger partial charge in [0.05, 0.1) is 23.8 Å². The third-order valence-electron chi connectivity index (χ3n) is 4.72. The van der Waals surface area contributed by atoms with Crippen molar-refractivity contribution in [3.63, 3.8) is 0 Å². The molecule has 32 heavy (non-hydrogen) atoms. The Morgan fingerprint density at radius 1 is 0.781 bits per heavy atom. The molecule has 0 saturated heterocycles. The minimum absolute atomic E-state index is 0.534. The third-order valence-corrected chi connectivity index (χ3v) is 6.17. The lowest BCUT2D eigenvalue weighted by atomic mass is 10.2. The number of nitrogens with zero attached hydrogens (tertiary/aromatic N) is 2. The van der Waals surface area contributed by atoms with Crippen molar-refractivity contribution < 1.29 is 9.47 Å². The molecule has 0 saturated carbocycles. The van der Waals surface area contributed by atoms with Crippen molar-refractivity contribution in [2.24, 2.45) is 0 Å². The molecule has 164 valence electrons. The van der Waals surface area contributed by atoms with E-state index in [1.807, 2.05) is 78.2 Å². The fourth-order valence-corrected chi connectivity index (χ4v) is 4.50. The Balaban J connectivity index is 1.45. The molecule has 0 unspecified atom stereocenters. The van der Waals surface area contributed by atoms with E-state index in [-0.39, 0.29) is 0 Å². The van der Waals surface area contributed by atoms with Crippen LogP contribution in [-0.4, -0.2) is 31.3 Å². The molecule has 4 rings (SSSR count). The van der Waals surface area contributed by atoms with E-state index >= 15 is 0 Å². The first kappa shape index (κ1) is 22.5. The number of hydrogen-bond acceptors (Lipinski definition) is 5. The van der Waals surface area contributed by atoms with Crippen LogP contribution in [0.15, 0.2) is 84.2 Å². The number of ether oxygens (including phenoxy) is 2. The highest BCUT2D eigenvalue weighted by Crippen LogP contribution is 2.33. The van der Waals surface area contributed by atoms with E-state index in [2.05, 4.69) is 4.90 Å². The molecule has 1 heterocycles. The van der Waals surface area contributed by atoms with Crippen LogP contribution in [0.5, 0.6) is 11.5 Å². The van der Waals surface area contributed by atoms with Crippen LogP contribution in [0.25, 0.3) is 11.3 Å². The average molecular weight is 485 g/mol. The standard InChI is InChI=1S/C25H22Cl2N2O2S/c26-19-11-12-22(23(27)17-19)24-18-32-25(28-24)29(13-15-30-20-7-3-1-4-8-20)14-16-31-21-9-5-2-6-10-21/h1-12,17-18H,13-16H2. The fraction of sp³-hybridized carbons (Fsp3) is 0.160. The molecule has 4 nitrogen and oxygen atoms in total. The van der Waals surface area contributed by atoms with Crippen molar-refractivity contribution >= 4 is 39.7 Å². The van der Waals surface area contributed by atoms with E-state index < -0.39 is 0 Å². The van der Waals surface area contributed by atoms with Gasteiger partial charge in [0.1, 0.15) is 24.7 Å². The summed E-state index contributed by atoms with van der Waals surface area (Å²) in [5.41, 5.74) is 1.68. The van der Waals surface area contributed by atoms with E-state index in [4.69, 9.17) is 37.7 Å². The van der Waals surface area contributed by atoms with E-state index in [1.54, 1.807) is 17.4 Å². The van der Waals surface area contributed by atoms with Gasteiger partial charge in [0.15, 0.2) is 5.13 Å². The maximum absolute atomic E-state index is 6.38. The van der Waals surface area contributed by atoms with Crippen LogP contribution < -0.4 is 14.4 Å². The minimum atomic E-state index is 0.534. The van der Waals surface area contributed by atoms with Gasteiger partial charge in [0.2, 0.25) is 0 Å². The number of rotatable bonds is 10. The molecule has 7 heteroatoms. The zero-order valence-electron chi connectivity index (χ0n) is 17.3. The second-order valence-electron chi connectivity index (χ2n) is 6.95. The van der Waals surface area contributed by atoms with E-state index in [9.17, 15) is 0 Å². The first-order valence-corrected chi connectivity index (χ1v) is 11.8. The summed E-state index contributed by atoms with van der Waals surface area (Å²) in [7, 11) is 0. The molecule has 0 amide bonds. The molecule has 0 atom stereocenters. The number of para-hydroxylation sites is 2. The summed E-state index contributed by atoms with van der Waals surface area (Å²) in [5, 5.41) is 4.08. The number of thiazole rings is 1. The van der Waals surface area contributed by atoms with Crippen LogP contribution in [0.4, 0.5) is 5.13 Å². The average Bonchev–Trinajstić information content (AvgIpc) is 3.29. The molecule has 0 fully saturated rings. The van der Waals surface area contributed by atoms with Crippen molar-refractivity contribution in [2.75, 3.05) is 31.2 Å². The normalized spacial score (nSPS) is 10.7. The quantitative estimate of drug-likeness (QED) is 0.240. The summed E-state index contributed by atoms with van der Waals surface area (Å²) in [6.07, 6.45) is 0. The Morgan fingerprint density at radius 2 is 1.38 bits per heavy atom. The number of halogens is 2. The molecule has 0 aliphatic carbocycles. The van der Waals surface area contributed by atoms with Crippen molar-refractivity contribution in [3.05, 3.63) is 94.3 Å². The Bertz CT molecular complexity index is 1080. The highest BCUT2D eigenvalue weighted by atomic mass is 35.5. The Kier molecular flexibility index (Phi) is 7.88. The van der Waals surface area contributed by atoms with Gasteiger partial charge in [-0.3, -0.25) is 0 Å². The topological polar surface area (TPSA) is 34.6 Å². The lowest BCUT2D eigenvalue weighted by Gasteiger charge is -2.22. The first-order chi connectivity index (χ1) is 15.7. The molecule has 0 aliphatic rings. The van der Waals surface area contributed by atoms with E-state index in [0.29, 0.717) is 36.3 Å². The van der Waals surface area contributed by atoms with Gasteiger partial charge in [-0.05, 0) is 42.5 Å². The largest absolute Gasteiger partial charge is 0.492 e. The monoisotopic (exact) mass is 484 g/mol. The highest BCUT2D eigenvalue weighted by Gasteiger charge is 2.15. The summed E-state index contributed by atoms with van der Waals surface area (Å²) in [6.45, 7) is 2.42. The van der Waals surface area contributed by atoms with Gasteiger partial charge in [-0.1, -0.05) is 59.6 Å². The smallest absolute Gasteiger partial charge is 0.186 e. The Hall–Kier alpha value is -2.73.